The molecule has 0 aliphatic rings. The summed E-state index contributed by atoms with van der Waals surface area (Å²) < 4.78 is 5.56. The van der Waals surface area contributed by atoms with E-state index in [0.717, 1.165) is 11.3 Å². The predicted molar refractivity (Wildman–Crippen MR) is 90.4 cm³/mol. The summed E-state index contributed by atoms with van der Waals surface area (Å²) in [6, 6.07) is 10.3. The SMILES string of the molecule is N#CCOc1ccc(-c2c(Cl)sc3[nH]c(=O)c(C#N)c(O)c23)cc1. The van der Waals surface area contributed by atoms with Crippen LogP contribution in [-0.4, -0.2) is 16.7 Å². The molecule has 3 rings (SSSR count). The van der Waals surface area contributed by atoms with Crippen molar-refractivity contribution in [2.75, 3.05) is 6.61 Å². The Labute approximate surface area is 144 Å². The Morgan fingerprint density at radius 1 is 1.29 bits per heavy atom. The van der Waals surface area contributed by atoms with Crippen molar-refractivity contribution >= 4 is 33.2 Å². The van der Waals surface area contributed by atoms with Crippen LogP contribution in [0.25, 0.3) is 21.3 Å². The fourth-order valence-electron chi connectivity index (χ4n) is 2.31. The number of nitrogens with zero attached hydrogens (tertiary/aromatic N) is 2. The van der Waals surface area contributed by atoms with E-state index in [9.17, 15) is 9.90 Å². The van der Waals surface area contributed by atoms with Gasteiger partial charge < -0.3 is 14.8 Å². The second-order valence-corrected chi connectivity index (χ2v) is 6.34. The van der Waals surface area contributed by atoms with E-state index in [1.807, 2.05) is 6.07 Å². The molecule has 0 radical (unpaired) electrons. The number of nitrogens with one attached hydrogen (secondary N) is 1. The number of halogens is 1. The highest BCUT2D eigenvalue weighted by Crippen LogP contribution is 2.45. The van der Waals surface area contributed by atoms with E-state index in [-0.39, 0.29) is 17.9 Å². The molecule has 0 spiro atoms. The van der Waals surface area contributed by atoms with Crippen molar-refractivity contribution in [1.29, 1.82) is 10.5 Å². The highest BCUT2D eigenvalue weighted by Gasteiger charge is 2.21. The molecule has 24 heavy (non-hydrogen) atoms. The molecule has 0 aliphatic heterocycles. The molecule has 118 valence electrons. The lowest BCUT2D eigenvalue weighted by atomic mass is 10.0. The molecule has 0 saturated heterocycles. The third-order valence-electron chi connectivity index (χ3n) is 3.35. The van der Waals surface area contributed by atoms with E-state index in [0.29, 0.717) is 31.4 Å². The van der Waals surface area contributed by atoms with E-state index in [2.05, 4.69) is 4.98 Å². The number of aromatic hydroxyl groups is 1. The molecule has 2 N–H and O–H groups in total. The molecule has 0 bridgehead atoms. The van der Waals surface area contributed by atoms with Crippen molar-refractivity contribution in [2.24, 2.45) is 0 Å². The Morgan fingerprint density at radius 3 is 2.62 bits per heavy atom. The summed E-state index contributed by atoms with van der Waals surface area (Å²) in [6.07, 6.45) is 0. The lowest BCUT2D eigenvalue weighted by Crippen LogP contribution is -2.09. The van der Waals surface area contributed by atoms with Crippen LogP contribution < -0.4 is 10.3 Å². The lowest BCUT2D eigenvalue weighted by molar-refractivity contribution is 0.368. The number of aromatic amines is 1. The van der Waals surface area contributed by atoms with E-state index in [1.54, 1.807) is 30.3 Å². The van der Waals surface area contributed by atoms with Crippen molar-refractivity contribution in [2.45, 2.75) is 0 Å². The van der Waals surface area contributed by atoms with Crippen molar-refractivity contribution in [3.05, 3.63) is 44.5 Å². The minimum absolute atomic E-state index is 0.0605. The maximum atomic E-state index is 11.8. The third-order valence-corrected chi connectivity index (χ3v) is 4.67. The maximum absolute atomic E-state index is 11.8. The first-order valence-corrected chi connectivity index (χ1v) is 7.83. The van der Waals surface area contributed by atoms with Gasteiger partial charge in [-0.3, -0.25) is 4.79 Å². The number of hydrogen-bond donors (Lipinski definition) is 2. The molecule has 6 nitrogen and oxygen atoms in total. The molecular formula is C16H8ClN3O3S. The van der Waals surface area contributed by atoms with Crippen LogP contribution in [-0.2, 0) is 0 Å². The Hall–Kier alpha value is -3.00. The number of hydrogen-bond acceptors (Lipinski definition) is 6. The predicted octanol–water partition coefficient (Wildman–Crippen LogP) is 3.39. The van der Waals surface area contributed by atoms with Gasteiger partial charge in [-0.1, -0.05) is 23.7 Å². The zero-order valence-electron chi connectivity index (χ0n) is 12.0. The van der Waals surface area contributed by atoms with Gasteiger partial charge in [-0.15, -0.1) is 11.3 Å². The first-order chi connectivity index (χ1) is 11.6. The highest BCUT2D eigenvalue weighted by atomic mass is 35.5. The van der Waals surface area contributed by atoms with Gasteiger partial charge in [-0.2, -0.15) is 10.5 Å². The van der Waals surface area contributed by atoms with E-state index >= 15 is 0 Å². The summed E-state index contributed by atoms with van der Waals surface area (Å²) >= 11 is 7.38. The standard InChI is InChI=1S/C16H8ClN3O3S/c17-14-11(8-1-3-9(4-2-8)23-6-5-18)12-13(21)10(7-19)15(22)20-16(12)24-14/h1-4H,6H2,(H2,20,21,22). The number of rotatable bonds is 3. The largest absolute Gasteiger partial charge is 0.506 e. The van der Waals surface area contributed by atoms with Crippen LogP contribution in [0.1, 0.15) is 5.56 Å². The zero-order valence-corrected chi connectivity index (χ0v) is 13.5. The van der Waals surface area contributed by atoms with Crippen LogP contribution in [0, 0.1) is 22.7 Å². The summed E-state index contributed by atoms with van der Waals surface area (Å²) in [5, 5.41) is 28.2. The number of benzene rings is 1. The smallest absolute Gasteiger partial charge is 0.270 e. The molecule has 0 aliphatic carbocycles. The molecular weight excluding hydrogens is 350 g/mol. The van der Waals surface area contributed by atoms with Gasteiger partial charge >= 0.3 is 0 Å². The molecule has 2 heterocycles. The second-order valence-electron chi connectivity index (χ2n) is 4.72. The van der Waals surface area contributed by atoms with Crippen molar-refractivity contribution in [1.82, 2.24) is 4.98 Å². The minimum atomic E-state index is -0.660. The summed E-state index contributed by atoms with van der Waals surface area (Å²) in [5.74, 6) is 0.130. The van der Waals surface area contributed by atoms with Crippen LogP contribution >= 0.6 is 22.9 Å². The number of ether oxygens (including phenoxy) is 1. The van der Waals surface area contributed by atoms with Gasteiger partial charge in [0.25, 0.3) is 5.56 Å². The molecule has 0 amide bonds. The third kappa shape index (κ3) is 2.56. The van der Waals surface area contributed by atoms with Crippen LogP contribution in [0.5, 0.6) is 11.5 Å². The fourth-order valence-corrected chi connectivity index (χ4v) is 3.69. The topological polar surface area (TPSA) is 110 Å². The van der Waals surface area contributed by atoms with Gasteiger partial charge in [-0.25, -0.2) is 0 Å². The van der Waals surface area contributed by atoms with Crippen molar-refractivity contribution in [3.63, 3.8) is 0 Å². The maximum Gasteiger partial charge on any atom is 0.270 e. The number of nitriles is 2. The monoisotopic (exact) mass is 357 g/mol. The van der Waals surface area contributed by atoms with Crippen LogP contribution in [0.4, 0.5) is 0 Å². The van der Waals surface area contributed by atoms with Gasteiger partial charge in [0.2, 0.25) is 0 Å². The number of H-pyrrole nitrogens is 1. The van der Waals surface area contributed by atoms with Crippen LogP contribution in [0.2, 0.25) is 4.34 Å². The summed E-state index contributed by atoms with van der Waals surface area (Å²) in [7, 11) is 0. The van der Waals surface area contributed by atoms with Crippen LogP contribution in [0.3, 0.4) is 0 Å². The van der Waals surface area contributed by atoms with Gasteiger partial charge in [0.05, 0.1) is 5.39 Å². The molecule has 0 atom stereocenters. The average Bonchev–Trinajstić information content (AvgIpc) is 2.90. The van der Waals surface area contributed by atoms with Gasteiger partial charge in [-0.05, 0) is 17.7 Å². The number of pyridine rings is 1. The highest BCUT2D eigenvalue weighted by molar-refractivity contribution is 7.23. The van der Waals surface area contributed by atoms with Gasteiger partial charge in [0.1, 0.15) is 32.8 Å². The van der Waals surface area contributed by atoms with E-state index in [4.69, 9.17) is 26.9 Å². The molecule has 0 fully saturated rings. The second kappa shape index (κ2) is 6.25. The fraction of sp³-hybridized carbons (Fsp3) is 0.0625. The summed E-state index contributed by atoms with van der Waals surface area (Å²) in [4.78, 5) is 14.7. The number of aromatic nitrogens is 1. The molecule has 8 heteroatoms. The number of thiophene rings is 1. The quantitative estimate of drug-likeness (QED) is 0.746. The summed E-state index contributed by atoms with van der Waals surface area (Å²) in [5.41, 5.74) is 0.190. The molecule has 0 unspecified atom stereocenters. The summed E-state index contributed by atoms with van der Waals surface area (Å²) in [6.45, 7) is -0.0605. The Balaban J connectivity index is 2.20. The Kier molecular flexibility index (Phi) is 4.13. The molecule has 0 saturated carbocycles. The molecule has 1 aromatic carbocycles. The Morgan fingerprint density at radius 2 is 2.00 bits per heavy atom. The number of fused-ring (bicyclic) bond motifs is 1. The van der Waals surface area contributed by atoms with Gasteiger partial charge in [0, 0.05) is 5.56 Å². The first-order valence-electron chi connectivity index (χ1n) is 6.64. The average molecular weight is 358 g/mol. The minimum Gasteiger partial charge on any atom is -0.506 e. The van der Waals surface area contributed by atoms with Gasteiger partial charge in [0.15, 0.2) is 12.2 Å². The van der Waals surface area contributed by atoms with E-state index < -0.39 is 5.56 Å². The first kappa shape index (κ1) is 15.9. The normalized spacial score (nSPS) is 10.3. The van der Waals surface area contributed by atoms with Crippen molar-refractivity contribution < 1.29 is 9.84 Å². The van der Waals surface area contributed by atoms with E-state index in [1.165, 1.54) is 0 Å². The Bertz CT molecular complexity index is 1070. The molecule has 3 aromatic rings. The van der Waals surface area contributed by atoms with Crippen LogP contribution in [0.15, 0.2) is 29.1 Å². The molecule has 2 aromatic heterocycles. The lowest BCUT2D eigenvalue weighted by Gasteiger charge is -2.06. The zero-order chi connectivity index (χ0) is 17.3. The van der Waals surface area contributed by atoms with Crippen molar-refractivity contribution in [3.8, 4) is 34.8 Å².